The zero-order valence-corrected chi connectivity index (χ0v) is 15.2. The Morgan fingerprint density at radius 1 is 1.12 bits per heavy atom. The van der Waals surface area contributed by atoms with Crippen molar-refractivity contribution in [3.8, 4) is 0 Å². The van der Waals surface area contributed by atoms with E-state index in [9.17, 15) is 8.96 Å². The largest absolute Gasteiger partial charge is 0.368 e. The molecule has 1 unspecified atom stereocenters. The summed E-state index contributed by atoms with van der Waals surface area (Å²) in [6, 6.07) is 13.0. The third-order valence-corrected chi connectivity index (χ3v) is 5.77. The first-order chi connectivity index (χ1) is 11.5. The Kier molecular flexibility index (Phi) is 6.81. The molecule has 24 heavy (non-hydrogen) atoms. The summed E-state index contributed by atoms with van der Waals surface area (Å²) in [6.07, 6.45) is 0. The van der Waals surface area contributed by atoms with Gasteiger partial charge >= 0.3 is 7.60 Å². The van der Waals surface area contributed by atoms with Crippen molar-refractivity contribution < 1.29 is 18.0 Å². The van der Waals surface area contributed by atoms with Gasteiger partial charge in [-0.15, -0.1) is 0 Å². The molecule has 0 aliphatic heterocycles. The van der Waals surface area contributed by atoms with Gasteiger partial charge in [0, 0.05) is 16.3 Å². The van der Waals surface area contributed by atoms with Crippen LogP contribution >= 0.6 is 19.2 Å². The molecule has 1 atom stereocenters. The summed E-state index contributed by atoms with van der Waals surface area (Å²) in [5.41, 5.74) is 0.804. The Labute approximate surface area is 146 Å². The monoisotopic (exact) mass is 371 g/mol. The van der Waals surface area contributed by atoms with Crippen molar-refractivity contribution in [2.75, 3.05) is 18.5 Å². The minimum atomic E-state index is -3.65. The quantitative estimate of drug-likeness (QED) is 0.591. The van der Waals surface area contributed by atoms with Crippen molar-refractivity contribution in [2.45, 2.75) is 19.6 Å². The molecular weight excluding hydrogens is 352 g/mol. The smallest absolute Gasteiger partial charge is 0.357 e. The van der Waals surface area contributed by atoms with E-state index >= 15 is 0 Å². The summed E-state index contributed by atoms with van der Waals surface area (Å²) < 4.78 is 38.4. The summed E-state index contributed by atoms with van der Waals surface area (Å²) >= 11 is 6.00. The van der Waals surface area contributed by atoms with Gasteiger partial charge in [-0.3, -0.25) is 4.57 Å². The van der Waals surface area contributed by atoms with Crippen molar-refractivity contribution >= 4 is 24.9 Å². The zero-order valence-electron chi connectivity index (χ0n) is 13.5. The number of rotatable bonds is 8. The van der Waals surface area contributed by atoms with E-state index in [1.807, 2.05) is 0 Å². The van der Waals surface area contributed by atoms with Crippen LogP contribution in [0.3, 0.4) is 0 Å². The van der Waals surface area contributed by atoms with E-state index in [4.69, 9.17) is 20.6 Å². The second kappa shape index (κ2) is 8.63. The van der Waals surface area contributed by atoms with Crippen molar-refractivity contribution in [1.29, 1.82) is 0 Å². The first-order valence-electron chi connectivity index (χ1n) is 7.65. The summed E-state index contributed by atoms with van der Waals surface area (Å²) in [5.74, 6) is -1.48. The first kappa shape index (κ1) is 18.9. The lowest BCUT2D eigenvalue weighted by Crippen LogP contribution is -2.16. The number of anilines is 1. The van der Waals surface area contributed by atoms with Gasteiger partial charge in [0.05, 0.1) is 13.2 Å². The lowest BCUT2D eigenvalue weighted by atomic mass is 10.2. The number of benzene rings is 2. The highest BCUT2D eigenvalue weighted by Gasteiger charge is 2.38. The maximum atomic E-state index is 14.3. The maximum Gasteiger partial charge on any atom is 0.357 e. The predicted molar refractivity (Wildman–Crippen MR) is 95.1 cm³/mol. The van der Waals surface area contributed by atoms with Crippen LogP contribution in [0.4, 0.5) is 10.1 Å². The molecule has 0 aliphatic carbocycles. The van der Waals surface area contributed by atoms with Gasteiger partial charge in [-0.2, -0.15) is 0 Å². The fourth-order valence-electron chi connectivity index (χ4n) is 2.31. The second-order valence-electron chi connectivity index (χ2n) is 4.95. The Hall–Kier alpha value is -1.39. The molecular formula is C17H20ClFNO3P. The van der Waals surface area contributed by atoms with Crippen LogP contribution in [0.25, 0.3) is 0 Å². The van der Waals surface area contributed by atoms with E-state index in [-0.39, 0.29) is 18.8 Å². The van der Waals surface area contributed by atoms with Gasteiger partial charge in [0.1, 0.15) is 5.82 Å². The molecule has 2 rings (SSSR count). The molecule has 0 aromatic heterocycles. The van der Waals surface area contributed by atoms with Crippen molar-refractivity contribution in [2.24, 2.45) is 0 Å². The number of hydrogen-bond donors (Lipinski definition) is 1. The lowest BCUT2D eigenvalue weighted by Gasteiger charge is -2.28. The van der Waals surface area contributed by atoms with Gasteiger partial charge in [0.2, 0.25) is 0 Å². The summed E-state index contributed by atoms with van der Waals surface area (Å²) in [5, 5.41) is 3.56. The predicted octanol–water partition coefficient (Wildman–Crippen LogP) is 5.86. The fraction of sp³-hybridized carbons (Fsp3) is 0.294. The van der Waals surface area contributed by atoms with E-state index in [0.717, 1.165) is 0 Å². The fourth-order valence-corrected chi connectivity index (χ4v) is 4.45. The molecule has 7 heteroatoms. The van der Waals surface area contributed by atoms with Crippen LogP contribution < -0.4 is 5.32 Å². The normalized spacial score (nSPS) is 12.8. The van der Waals surface area contributed by atoms with Crippen LogP contribution in [-0.4, -0.2) is 13.2 Å². The standard InChI is InChI=1S/C17H20ClFNO3P/c1-3-22-24(21,23-4-2)17(15-10-5-6-11-16(15)19)20-14-9-7-8-13(18)12-14/h5-12,17,20H,3-4H2,1-2H3. The lowest BCUT2D eigenvalue weighted by molar-refractivity contribution is 0.213. The first-order valence-corrected chi connectivity index (χ1v) is 9.64. The zero-order chi connectivity index (χ0) is 17.6. The van der Waals surface area contributed by atoms with Crippen molar-refractivity contribution in [3.63, 3.8) is 0 Å². The third kappa shape index (κ3) is 4.58. The highest BCUT2D eigenvalue weighted by atomic mass is 35.5. The van der Waals surface area contributed by atoms with Crippen LogP contribution in [0.2, 0.25) is 5.02 Å². The molecule has 4 nitrogen and oxygen atoms in total. The van der Waals surface area contributed by atoms with Crippen LogP contribution in [0.1, 0.15) is 25.2 Å². The molecule has 130 valence electrons. The van der Waals surface area contributed by atoms with E-state index in [2.05, 4.69) is 5.32 Å². The van der Waals surface area contributed by atoms with Gasteiger partial charge < -0.3 is 14.4 Å². The topological polar surface area (TPSA) is 47.6 Å². The number of nitrogens with one attached hydrogen (secondary N) is 1. The SMILES string of the molecule is CCOP(=O)(OCC)C(Nc1cccc(Cl)c1)c1ccccc1F. The highest BCUT2D eigenvalue weighted by Crippen LogP contribution is 2.61. The molecule has 0 saturated carbocycles. The average molecular weight is 372 g/mol. The molecule has 0 saturated heterocycles. The van der Waals surface area contributed by atoms with Crippen LogP contribution in [0.5, 0.6) is 0 Å². The Morgan fingerprint density at radius 3 is 2.38 bits per heavy atom. The van der Waals surface area contributed by atoms with Crippen LogP contribution in [-0.2, 0) is 13.6 Å². The Morgan fingerprint density at radius 2 is 1.79 bits per heavy atom. The molecule has 0 bridgehead atoms. The Bertz CT molecular complexity index is 718. The third-order valence-electron chi connectivity index (χ3n) is 3.26. The Balaban J connectivity index is 2.48. The van der Waals surface area contributed by atoms with Gasteiger partial charge in [0.25, 0.3) is 0 Å². The van der Waals surface area contributed by atoms with E-state index in [1.165, 1.54) is 6.07 Å². The van der Waals surface area contributed by atoms with Gasteiger partial charge in [-0.25, -0.2) is 4.39 Å². The molecule has 0 radical (unpaired) electrons. The minimum Gasteiger partial charge on any atom is -0.368 e. The van der Waals surface area contributed by atoms with Gasteiger partial charge in [0.15, 0.2) is 5.78 Å². The minimum absolute atomic E-state index is 0.180. The second-order valence-corrected chi connectivity index (χ2v) is 7.50. The van der Waals surface area contributed by atoms with Crippen molar-refractivity contribution in [1.82, 2.24) is 0 Å². The van der Waals surface area contributed by atoms with E-state index in [0.29, 0.717) is 10.7 Å². The molecule has 2 aromatic carbocycles. The van der Waals surface area contributed by atoms with E-state index in [1.54, 1.807) is 56.3 Å². The van der Waals surface area contributed by atoms with Crippen LogP contribution in [0, 0.1) is 5.82 Å². The highest BCUT2D eigenvalue weighted by molar-refractivity contribution is 7.54. The van der Waals surface area contributed by atoms with E-state index < -0.39 is 19.2 Å². The molecule has 0 spiro atoms. The molecule has 0 aliphatic rings. The molecule has 0 fully saturated rings. The van der Waals surface area contributed by atoms with Crippen molar-refractivity contribution in [3.05, 3.63) is 64.9 Å². The number of hydrogen-bond acceptors (Lipinski definition) is 4. The summed E-state index contributed by atoms with van der Waals surface area (Å²) in [7, 11) is -3.65. The van der Waals surface area contributed by atoms with Crippen LogP contribution in [0.15, 0.2) is 48.5 Å². The summed E-state index contributed by atoms with van der Waals surface area (Å²) in [6.45, 7) is 3.78. The van der Waals surface area contributed by atoms with Gasteiger partial charge in [-0.05, 0) is 38.1 Å². The molecule has 0 heterocycles. The number of halogens is 2. The average Bonchev–Trinajstić information content (AvgIpc) is 2.54. The summed E-state index contributed by atoms with van der Waals surface area (Å²) in [4.78, 5) is 0. The maximum absolute atomic E-state index is 14.3. The molecule has 2 aromatic rings. The van der Waals surface area contributed by atoms with Gasteiger partial charge in [-0.1, -0.05) is 35.9 Å². The molecule has 0 amide bonds. The molecule has 1 N–H and O–H groups in total.